The summed E-state index contributed by atoms with van der Waals surface area (Å²) in [7, 11) is 0. The van der Waals surface area contributed by atoms with Gasteiger partial charge in [0.15, 0.2) is 0 Å². The van der Waals surface area contributed by atoms with E-state index in [0.717, 1.165) is 0 Å². The van der Waals surface area contributed by atoms with Gasteiger partial charge in [-0.25, -0.2) is 0 Å². The van der Waals surface area contributed by atoms with Gasteiger partial charge in [0.2, 0.25) is 0 Å². The second-order valence-corrected chi connectivity index (χ2v) is 7.75. The quantitative estimate of drug-likeness (QED) is 0.760. The predicted octanol–water partition coefficient (Wildman–Crippen LogP) is 2.41. The Morgan fingerprint density at radius 3 is 2.38 bits per heavy atom. The molecule has 1 atom stereocenters. The molecular formula is C13H26N2S. The van der Waals surface area contributed by atoms with Crippen LogP contribution >= 0.6 is 11.8 Å². The van der Waals surface area contributed by atoms with Crippen LogP contribution in [0, 0.1) is 10.8 Å². The normalized spacial score (nSPS) is 33.8. The first-order valence-corrected chi connectivity index (χ1v) is 7.51. The molecule has 94 valence electrons. The number of rotatable bonds is 1. The Kier molecular flexibility index (Phi) is 3.32. The lowest BCUT2D eigenvalue weighted by Gasteiger charge is -2.53. The van der Waals surface area contributed by atoms with Gasteiger partial charge >= 0.3 is 0 Å². The number of thioether (sulfide) groups is 1. The Morgan fingerprint density at radius 2 is 1.94 bits per heavy atom. The molecule has 2 fully saturated rings. The summed E-state index contributed by atoms with van der Waals surface area (Å²) in [6, 6.07) is 0.657. The average Bonchev–Trinajstić information content (AvgIpc) is 2.20. The highest BCUT2D eigenvalue weighted by Crippen LogP contribution is 2.49. The van der Waals surface area contributed by atoms with Crippen LogP contribution in [0.2, 0.25) is 0 Å². The molecule has 0 bridgehead atoms. The molecule has 0 radical (unpaired) electrons. The molecule has 0 amide bonds. The summed E-state index contributed by atoms with van der Waals surface area (Å²) in [4.78, 5) is 2.66. The topological polar surface area (TPSA) is 15.3 Å². The zero-order valence-corrected chi connectivity index (χ0v) is 12.2. The summed E-state index contributed by atoms with van der Waals surface area (Å²) in [5.41, 5.74) is 0.968. The Hall–Kier alpha value is 0.270. The first-order chi connectivity index (χ1) is 7.38. The van der Waals surface area contributed by atoms with Gasteiger partial charge < -0.3 is 5.32 Å². The highest BCUT2D eigenvalue weighted by atomic mass is 32.2. The standard InChI is InChI=1S/C13H26N2S/c1-10(2)15-8-12(4,5)13(6-14-7-13)9-16-11(15)3/h10-11,14H,6-9H2,1-5H3. The maximum atomic E-state index is 3.48. The van der Waals surface area contributed by atoms with Gasteiger partial charge in [0.1, 0.15) is 0 Å². The van der Waals surface area contributed by atoms with Crippen molar-refractivity contribution < 1.29 is 0 Å². The van der Waals surface area contributed by atoms with E-state index < -0.39 is 0 Å². The minimum Gasteiger partial charge on any atom is -0.315 e. The Labute approximate surface area is 105 Å². The summed E-state index contributed by atoms with van der Waals surface area (Å²) >= 11 is 2.15. The fourth-order valence-corrected chi connectivity index (χ4v) is 4.60. The largest absolute Gasteiger partial charge is 0.315 e. The Bertz CT molecular complexity index is 259. The monoisotopic (exact) mass is 242 g/mol. The number of hydrogen-bond donors (Lipinski definition) is 1. The average molecular weight is 242 g/mol. The fourth-order valence-electron chi connectivity index (χ4n) is 2.93. The van der Waals surface area contributed by atoms with Crippen molar-refractivity contribution in [2.45, 2.75) is 46.0 Å². The molecule has 1 unspecified atom stereocenters. The van der Waals surface area contributed by atoms with Crippen molar-refractivity contribution in [3.8, 4) is 0 Å². The predicted molar refractivity (Wildman–Crippen MR) is 72.8 cm³/mol. The zero-order valence-electron chi connectivity index (χ0n) is 11.3. The summed E-state index contributed by atoms with van der Waals surface area (Å²) in [5, 5.41) is 4.15. The number of hydrogen-bond acceptors (Lipinski definition) is 3. The van der Waals surface area contributed by atoms with Gasteiger partial charge in [-0.3, -0.25) is 4.90 Å². The van der Waals surface area contributed by atoms with Crippen LogP contribution < -0.4 is 5.32 Å². The smallest absolute Gasteiger partial charge is 0.0531 e. The molecule has 2 rings (SSSR count). The maximum Gasteiger partial charge on any atom is 0.0531 e. The molecule has 2 nitrogen and oxygen atoms in total. The van der Waals surface area contributed by atoms with Crippen molar-refractivity contribution in [1.82, 2.24) is 10.2 Å². The lowest BCUT2D eigenvalue weighted by atomic mass is 9.62. The van der Waals surface area contributed by atoms with Gasteiger partial charge in [-0.05, 0) is 26.2 Å². The van der Waals surface area contributed by atoms with Crippen LogP contribution in [-0.2, 0) is 0 Å². The summed E-state index contributed by atoms with van der Waals surface area (Å²) in [5.74, 6) is 1.32. The summed E-state index contributed by atoms with van der Waals surface area (Å²) < 4.78 is 0. The van der Waals surface area contributed by atoms with E-state index in [1.54, 1.807) is 0 Å². The lowest BCUT2D eigenvalue weighted by molar-refractivity contribution is 0.00111. The minimum atomic E-state index is 0.431. The van der Waals surface area contributed by atoms with Crippen LogP contribution in [0.25, 0.3) is 0 Å². The van der Waals surface area contributed by atoms with Gasteiger partial charge in [-0.15, -0.1) is 11.8 Å². The molecule has 1 spiro atoms. The van der Waals surface area contributed by atoms with Crippen molar-refractivity contribution in [2.24, 2.45) is 10.8 Å². The van der Waals surface area contributed by atoms with Crippen LogP contribution in [0.3, 0.4) is 0 Å². The van der Waals surface area contributed by atoms with Crippen LogP contribution in [0.15, 0.2) is 0 Å². The molecule has 0 aromatic heterocycles. The minimum absolute atomic E-state index is 0.431. The van der Waals surface area contributed by atoms with Crippen molar-refractivity contribution in [2.75, 3.05) is 25.4 Å². The van der Waals surface area contributed by atoms with Crippen LogP contribution in [0.1, 0.15) is 34.6 Å². The summed E-state index contributed by atoms with van der Waals surface area (Å²) in [6.07, 6.45) is 0. The fraction of sp³-hybridized carbons (Fsp3) is 1.00. The molecule has 0 aromatic rings. The lowest BCUT2D eigenvalue weighted by Crippen LogP contribution is -2.64. The molecule has 0 aromatic carbocycles. The Balaban J connectivity index is 2.20. The number of nitrogens with zero attached hydrogens (tertiary/aromatic N) is 1. The van der Waals surface area contributed by atoms with Crippen molar-refractivity contribution in [3.63, 3.8) is 0 Å². The van der Waals surface area contributed by atoms with Gasteiger partial charge in [-0.1, -0.05) is 13.8 Å². The van der Waals surface area contributed by atoms with E-state index in [4.69, 9.17) is 0 Å². The van der Waals surface area contributed by atoms with E-state index in [9.17, 15) is 0 Å². The second-order valence-electron chi connectivity index (χ2n) is 6.44. The van der Waals surface area contributed by atoms with Crippen LogP contribution in [0.4, 0.5) is 0 Å². The van der Waals surface area contributed by atoms with E-state index in [2.05, 4.69) is 56.6 Å². The van der Waals surface area contributed by atoms with Crippen molar-refractivity contribution in [1.29, 1.82) is 0 Å². The Morgan fingerprint density at radius 1 is 1.31 bits per heavy atom. The third-order valence-corrected chi connectivity index (χ3v) is 6.14. The first kappa shape index (κ1) is 12.7. The SMILES string of the molecule is CC(C)N1CC(C)(C)C2(CNC2)CSC1C. The molecular weight excluding hydrogens is 216 g/mol. The molecule has 2 heterocycles. The highest BCUT2D eigenvalue weighted by Gasteiger charge is 2.52. The van der Waals surface area contributed by atoms with E-state index in [0.29, 0.717) is 22.2 Å². The second kappa shape index (κ2) is 4.18. The third kappa shape index (κ3) is 1.91. The molecule has 1 N–H and O–H groups in total. The third-order valence-electron chi connectivity index (χ3n) is 4.67. The molecule has 2 aliphatic heterocycles. The summed E-state index contributed by atoms with van der Waals surface area (Å²) in [6.45, 7) is 15.6. The van der Waals surface area contributed by atoms with Crippen molar-refractivity contribution in [3.05, 3.63) is 0 Å². The molecule has 0 aliphatic carbocycles. The maximum absolute atomic E-state index is 3.48. The van der Waals surface area contributed by atoms with E-state index in [1.807, 2.05) is 0 Å². The highest BCUT2D eigenvalue weighted by molar-refractivity contribution is 7.99. The van der Waals surface area contributed by atoms with E-state index in [1.165, 1.54) is 25.4 Å². The van der Waals surface area contributed by atoms with Crippen LogP contribution in [0.5, 0.6) is 0 Å². The van der Waals surface area contributed by atoms with E-state index >= 15 is 0 Å². The molecule has 0 saturated carbocycles. The van der Waals surface area contributed by atoms with Gasteiger partial charge in [-0.2, -0.15) is 0 Å². The molecule has 2 saturated heterocycles. The zero-order chi connectivity index (χ0) is 12.0. The molecule has 3 heteroatoms. The van der Waals surface area contributed by atoms with Crippen LogP contribution in [-0.4, -0.2) is 41.7 Å². The van der Waals surface area contributed by atoms with Gasteiger partial charge in [0.25, 0.3) is 0 Å². The number of nitrogens with one attached hydrogen (secondary N) is 1. The van der Waals surface area contributed by atoms with E-state index in [-0.39, 0.29) is 0 Å². The molecule has 2 aliphatic rings. The first-order valence-electron chi connectivity index (χ1n) is 6.46. The van der Waals surface area contributed by atoms with Gasteiger partial charge in [0.05, 0.1) is 5.37 Å². The molecule has 16 heavy (non-hydrogen) atoms. The van der Waals surface area contributed by atoms with Gasteiger partial charge in [0, 0.05) is 36.8 Å². The van der Waals surface area contributed by atoms with Crippen molar-refractivity contribution >= 4 is 11.8 Å².